The third-order valence-electron chi connectivity index (χ3n) is 1.45. The molecule has 0 saturated carbocycles. The van der Waals surface area contributed by atoms with Gasteiger partial charge in [0, 0.05) is 12.4 Å². The molecule has 1 aromatic rings. The molecule has 1 heterocycles. The van der Waals surface area contributed by atoms with Crippen molar-refractivity contribution in [3.8, 4) is 6.07 Å². The van der Waals surface area contributed by atoms with Crippen molar-refractivity contribution in [2.24, 2.45) is 5.73 Å². The molecule has 0 aliphatic carbocycles. The molecule has 0 bridgehead atoms. The van der Waals surface area contributed by atoms with Gasteiger partial charge in [0.25, 0.3) is 0 Å². The van der Waals surface area contributed by atoms with Crippen LogP contribution in [-0.4, -0.2) is 10.9 Å². The first-order chi connectivity index (χ1) is 5.75. The number of aromatic nitrogens is 1. The summed E-state index contributed by atoms with van der Waals surface area (Å²) in [6.07, 6.45) is 3.03. The Morgan fingerprint density at radius 2 is 2.17 bits per heavy atom. The number of amides is 1. The third kappa shape index (κ3) is 1.58. The highest BCUT2D eigenvalue weighted by atomic mass is 16.1. The molecule has 4 heteroatoms. The Bertz CT molecular complexity index is 315. The average Bonchev–Trinajstić information content (AvgIpc) is 2.07. The van der Waals surface area contributed by atoms with Crippen molar-refractivity contribution in [2.75, 3.05) is 0 Å². The van der Waals surface area contributed by atoms with E-state index in [2.05, 4.69) is 4.98 Å². The number of carbonyl (C=O) groups excluding carboxylic acids is 1. The van der Waals surface area contributed by atoms with Crippen LogP contribution in [0.25, 0.3) is 0 Å². The summed E-state index contributed by atoms with van der Waals surface area (Å²) in [5, 5.41) is 8.58. The Kier molecular flexibility index (Phi) is 2.38. The van der Waals surface area contributed by atoms with Crippen LogP contribution < -0.4 is 5.73 Å². The number of rotatable bonds is 2. The van der Waals surface area contributed by atoms with Gasteiger partial charge in [-0.2, -0.15) is 5.26 Å². The molecule has 0 saturated heterocycles. The van der Waals surface area contributed by atoms with Gasteiger partial charge in [0.2, 0.25) is 5.91 Å². The van der Waals surface area contributed by atoms with Crippen LogP contribution in [0.15, 0.2) is 24.5 Å². The van der Waals surface area contributed by atoms with E-state index in [0.717, 1.165) is 0 Å². The minimum Gasteiger partial charge on any atom is -0.368 e. The smallest absolute Gasteiger partial charge is 0.239 e. The monoisotopic (exact) mass is 161 g/mol. The molecule has 60 valence electrons. The fourth-order valence-electron chi connectivity index (χ4n) is 0.858. The van der Waals surface area contributed by atoms with Gasteiger partial charge in [-0.15, -0.1) is 0 Å². The van der Waals surface area contributed by atoms with Crippen molar-refractivity contribution >= 4 is 5.91 Å². The summed E-state index contributed by atoms with van der Waals surface area (Å²) in [6.45, 7) is 0. The maximum Gasteiger partial charge on any atom is 0.239 e. The molecule has 12 heavy (non-hydrogen) atoms. The number of carbonyl (C=O) groups is 1. The molecule has 0 spiro atoms. The fraction of sp³-hybridized carbons (Fsp3) is 0.125. The summed E-state index contributed by atoms with van der Waals surface area (Å²) in [4.78, 5) is 14.5. The predicted molar refractivity (Wildman–Crippen MR) is 41.8 cm³/mol. The van der Waals surface area contributed by atoms with Crippen molar-refractivity contribution in [2.45, 2.75) is 5.92 Å². The SMILES string of the molecule is N#CC(C(N)=O)c1ccncc1. The number of nitriles is 1. The summed E-state index contributed by atoms with van der Waals surface area (Å²) < 4.78 is 0. The van der Waals surface area contributed by atoms with Crippen LogP contribution in [0.1, 0.15) is 11.5 Å². The van der Waals surface area contributed by atoms with E-state index in [1.165, 1.54) is 12.4 Å². The Hall–Kier alpha value is -1.89. The number of hydrogen-bond acceptors (Lipinski definition) is 3. The average molecular weight is 161 g/mol. The highest BCUT2D eigenvalue weighted by Gasteiger charge is 2.15. The summed E-state index contributed by atoms with van der Waals surface area (Å²) in [7, 11) is 0. The Balaban J connectivity index is 2.98. The number of pyridine rings is 1. The van der Waals surface area contributed by atoms with Crippen molar-refractivity contribution in [3.05, 3.63) is 30.1 Å². The van der Waals surface area contributed by atoms with Crippen molar-refractivity contribution in [1.29, 1.82) is 5.26 Å². The van der Waals surface area contributed by atoms with Crippen molar-refractivity contribution < 1.29 is 4.79 Å². The van der Waals surface area contributed by atoms with Crippen LogP contribution in [0, 0.1) is 11.3 Å². The largest absolute Gasteiger partial charge is 0.368 e. The zero-order valence-corrected chi connectivity index (χ0v) is 6.27. The highest BCUT2D eigenvalue weighted by Crippen LogP contribution is 2.11. The maximum atomic E-state index is 10.7. The quantitative estimate of drug-likeness (QED) is 0.671. The lowest BCUT2D eigenvalue weighted by atomic mass is 10.0. The minimum atomic E-state index is -0.868. The number of primary amides is 1. The molecule has 2 N–H and O–H groups in total. The van der Waals surface area contributed by atoms with E-state index in [1.54, 1.807) is 12.1 Å². The maximum absolute atomic E-state index is 10.7. The Labute approximate surface area is 69.6 Å². The second-order valence-corrected chi connectivity index (χ2v) is 2.25. The molecule has 0 aliphatic heterocycles. The number of nitrogens with zero attached hydrogens (tertiary/aromatic N) is 2. The van der Waals surface area contributed by atoms with Crippen LogP contribution in [-0.2, 0) is 4.79 Å². The molecule has 1 rings (SSSR count). The second-order valence-electron chi connectivity index (χ2n) is 2.25. The summed E-state index contributed by atoms with van der Waals surface area (Å²) in [6, 6.07) is 5.01. The van der Waals surface area contributed by atoms with Crippen molar-refractivity contribution in [1.82, 2.24) is 4.98 Å². The van der Waals surface area contributed by atoms with Gasteiger partial charge in [0.05, 0.1) is 6.07 Å². The van der Waals surface area contributed by atoms with Gasteiger partial charge in [-0.3, -0.25) is 9.78 Å². The molecular weight excluding hydrogens is 154 g/mol. The Morgan fingerprint density at radius 1 is 1.58 bits per heavy atom. The molecular formula is C8H7N3O. The Morgan fingerprint density at radius 3 is 2.58 bits per heavy atom. The van der Waals surface area contributed by atoms with Gasteiger partial charge < -0.3 is 5.73 Å². The molecule has 1 unspecified atom stereocenters. The van der Waals surface area contributed by atoms with Gasteiger partial charge in [-0.25, -0.2) is 0 Å². The third-order valence-corrected chi connectivity index (χ3v) is 1.45. The number of nitrogens with two attached hydrogens (primary N) is 1. The van der Waals surface area contributed by atoms with Gasteiger partial charge in [-0.1, -0.05) is 0 Å². The fourth-order valence-corrected chi connectivity index (χ4v) is 0.858. The highest BCUT2D eigenvalue weighted by molar-refractivity contribution is 5.84. The van der Waals surface area contributed by atoms with E-state index in [9.17, 15) is 4.79 Å². The molecule has 1 atom stereocenters. The van der Waals surface area contributed by atoms with E-state index < -0.39 is 11.8 Å². The van der Waals surface area contributed by atoms with Crippen molar-refractivity contribution in [3.63, 3.8) is 0 Å². The van der Waals surface area contributed by atoms with Crippen LogP contribution in [0.4, 0.5) is 0 Å². The second kappa shape index (κ2) is 3.49. The minimum absolute atomic E-state index is 0.583. The van der Waals surface area contributed by atoms with E-state index in [1.807, 2.05) is 6.07 Å². The topological polar surface area (TPSA) is 79.8 Å². The number of hydrogen-bond donors (Lipinski definition) is 1. The lowest BCUT2D eigenvalue weighted by Crippen LogP contribution is -2.19. The summed E-state index contributed by atoms with van der Waals surface area (Å²) >= 11 is 0. The van der Waals surface area contributed by atoms with Gasteiger partial charge >= 0.3 is 0 Å². The first-order valence-electron chi connectivity index (χ1n) is 3.34. The zero-order valence-electron chi connectivity index (χ0n) is 6.27. The lowest BCUT2D eigenvalue weighted by molar-refractivity contribution is -0.118. The van der Waals surface area contributed by atoms with E-state index in [0.29, 0.717) is 5.56 Å². The molecule has 0 aliphatic rings. The molecule has 1 amide bonds. The van der Waals surface area contributed by atoms with E-state index in [-0.39, 0.29) is 0 Å². The first-order valence-corrected chi connectivity index (χ1v) is 3.34. The van der Waals surface area contributed by atoms with Gasteiger partial charge in [-0.05, 0) is 17.7 Å². The molecule has 1 aromatic heterocycles. The molecule has 0 fully saturated rings. The lowest BCUT2D eigenvalue weighted by Gasteiger charge is -2.02. The summed E-state index contributed by atoms with van der Waals surface area (Å²) in [5.74, 6) is -1.50. The van der Waals surface area contributed by atoms with Crippen LogP contribution in [0.3, 0.4) is 0 Å². The molecule has 0 aromatic carbocycles. The van der Waals surface area contributed by atoms with Crippen LogP contribution in [0.5, 0.6) is 0 Å². The van der Waals surface area contributed by atoms with Gasteiger partial charge in [0.15, 0.2) is 0 Å². The summed E-state index contributed by atoms with van der Waals surface area (Å²) in [5.41, 5.74) is 5.58. The molecule has 4 nitrogen and oxygen atoms in total. The van der Waals surface area contributed by atoms with Crippen LogP contribution in [0.2, 0.25) is 0 Å². The first kappa shape index (κ1) is 8.21. The van der Waals surface area contributed by atoms with Crippen LogP contribution >= 0.6 is 0 Å². The standard InChI is InChI=1S/C8H7N3O/c9-5-7(8(10)12)6-1-3-11-4-2-6/h1-4,7H,(H2,10,12). The van der Waals surface area contributed by atoms with Gasteiger partial charge in [0.1, 0.15) is 5.92 Å². The van der Waals surface area contributed by atoms with E-state index in [4.69, 9.17) is 11.0 Å². The normalized spacial score (nSPS) is 11.6. The predicted octanol–water partition coefficient (Wildman–Crippen LogP) is 0.174. The molecule has 0 radical (unpaired) electrons. The van der Waals surface area contributed by atoms with E-state index >= 15 is 0 Å². The zero-order chi connectivity index (χ0) is 8.97.